The summed E-state index contributed by atoms with van der Waals surface area (Å²) < 4.78 is 5.88. The molecule has 0 aliphatic carbocycles. The van der Waals surface area contributed by atoms with Crippen molar-refractivity contribution in [3.05, 3.63) is 145 Å². The molecular formula is C33H24N2O. The Morgan fingerprint density at radius 3 is 1.58 bits per heavy atom. The summed E-state index contributed by atoms with van der Waals surface area (Å²) in [6.07, 6.45) is 4.25. The number of aromatic nitrogens is 1. The van der Waals surface area contributed by atoms with Crippen LogP contribution in [0, 0.1) is 0 Å². The third kappa shape index (κ3) is 4.55. The van der Waals surface area contributed by atoms with Crippen molar-refractivity contribution in [3.8, 4) is 11.5 Å². The molecule has 0 fully saturated rings. The van der Waals surface area contributed by atoms with E-state index in [0.717, 1.165) is 44.9 Å². The summed E-state index contributed by atoms with van der Waals surface area (Å²) in [6, 6.07) is 45.6. The number of fused-ring (bicyclic) bond motifs is 1. The molecule has 0 N–H and O–H groups in total. The highest BCUT2D eigenvalue weighted by Gasteiger charge is 2.11. The summed E-state index contributed by atoms with van der Waals surface area (Å²) in [6.45, 7) is 0. The predicted molar refractivity (Wildman–Crippen MR) is 149 cm³/mol. The van der Waals surface area contributed by atoms with Gasteiger partial charge in [-0.15, -0.1) is 0 Å². The average molecular weight is 465 g/mol. The van der Waals surface area contributed by atoms with E-state index < -0.39 is 0 Å². The van der Waals surface area contributed by atoms with Crippen molar-refractivity contribution in [2.75, 3.05) is 4.90 Å². The standard InChI is InChI=1S/C33H24N2O/c1-3-9-28(10-4-1)35(29-11-5-2-6-12-29)30-23-19-26(20-24-30)16-15-25-17-21-27(22-18-25)33-34-31-13-7-8-14-32(31)36-33/h1-24H. The summed E-state index contributed by atoms with van der Waals surface area (Å²) in [5, 5.41) is 0. The lowest BCUT2D eigenvalue weighted by Crippen LogP contribution is -2.09. The third-order valence-electron chi connectivity index (χ3n) is 6.10. The molecule has 0 radical (unpaired) electrons. The van der Waals surface area contributed by atoms with Gasteiger partial charge in [-0.2, -0.15) is 0 Å². The quantitative estimate of drug-likeness (QED) is 0.230. The fraction of sp³-hybridized carbons (Fsp3) is 0. The summed E-state index contributed by atoms with van der Waals surface area (Å²) in [5.41, 5.74) is 8.28. The van der Waals surface area contributed by atoms with Crippen LogP contribution in [-0.2, 0) is 0 Å². The topological polar surface area (TPSA) is 29.3 Å². The first-order valence-corrected chi connectivity index (χ1v) is 12.0. The van der Waals surface area contributed by atoms with Gasteiger partial charge in [0, 0.05) is 22.6 Å². The minimum Gasteiger partial charge on any atom is -0.436 e. The molecule has 0 aliphatic heterocycles. The van der Waals surface area contributed by atoms with Crippen LogP contribution in [0.1, 0.15) is 11.1 Å². The first kappa shape index (κ1) is 21.6. The Labute approximate surface area is 210 Å². The van der Waals surface area contributed by atoms with E-state index >= 15 is 0 Å². The number of nitrogens with zero attached hydrogens (tertiary/aromatic N) is 2. The number of benzene rings is 5. The van der Waals surface area contributed by atoms with E-state index in [1.165, 1.54) is 0 Å². The zero-order valence-electron chi connectivity index (χ0n) is 19.7. The van der Waals surface area contributed by atoms with E-state index in [2.05, 4.69) is 107 Å². The van der Waals surface area contributed by atoms with Gasteiger partial charge >= 0.3 is 0 Å². The Kier molecular flexibility index (Phi) is 5.87. The van der Waals surface area contributed by atoms with Crippen molar-refractivity contribution in [1.29, 1.82) is 0 Å². The van der Waals surface area contributed by atoms with Gasteiger partial charge in [0.05, 0.1) is 0 Å². The lowest BCUT2D eigenvalue weighted by molar-refractivity contribution is 0.620. The van der Waals surface area contributed by atoms with Gasteiger partial charge < -0.3 is 9.32 Å². The van der Waals surface area contributed by atoms with Gasteiger partial charge in [-0.05, 0) is 71.8 Å². The molecule has 3 nitrogen and oxygen atoms in total. The molecule has 0 atom stereocenters. The van der Waals surface area contributed by atoms with Gasteiger partial charge in [0.1, 0.15) is 5.52 Å². The molecule has 0 unspecified atom stereocenters. The van der Waals surface area contributed by atoms with Crippen LogP contribution in [0.25, 0.3) is 34.7 Å². The molecule has 5 aromatic carbocycles. The maximum atomic E-state index is 5.88. The Morgan fingerprint density at radius 2 is 1.00 bits per heavy atom. The van der Waals surface area contributed by atoms with E-state index in [9.17, 15) is 0 Å². The van der Waals surface area contributed by atoms with Crippen molar-refractivity contribution in [2.45, 2.75) is 0 Å². The number of hydrogen-bond acceptors (Lipinski definition) is 3. The molecule has 0 aliphatic rings. The van der Waals surface area contributed by atoms with Gasteiger partial charge in [0.2, 0.25) is 5.89 Å². The highest BCUT2D eigenvalue weighted by atomic mass is 16.3. The average Bonchev–Trinajstić information content (AvgIpc) is 3.39. The van der Waals surface area contributed by atoms with Crippen LogP contribution in [0.4, 0.5) is 17.1 Å². The van der Waals surface area contributed by atoms with Crippen LogP contribution in [0.3, 0.4) is 0 Å². The van der Waals surface area contributed by atoms with E-state index in [4.69, 9.17) is 4.42 Å². The molecule has 0 saturated heterocycles. The Bertz CT molecular complexity index is 1530. The second-order valence-electron chi connectivity index (χ2n) is 8.54. The molecule has 0 bridgehead atoms. The summed E-state index contributed by atoms with van der Waals surface area (Å²) in [7, 11) is 0. The van der Waals surface area contributed by atoms with Crippen molar-refractivity contribution in [3.63, 3.8) is 0 Å². The second-order valence-corrected chi connectivity index (χ2v) is 8.54. The first-order valence-electron chi connectivity index (χ1n) is 12.0. The highest BCUT2D eigenvalue weighted by molar-refractivity contribution is 5.79. The molecule has 6 rings (SSSR count). The SMILES string of the molecule is C(=Cc1ccc(N(c2ccccc2)c2ccccc2)cc1)c1ccc(-c2nc3ccccc3o2)cc1. The van der Waals surface area contributed by atoms with E-state index in [-0.39, 0.29) is 0 Å². The minimum absolute atomic E-state index is 0.642. The van der Waals surface area contributed by atoms with Crippen molar-refractivity contribution < 1.29 is 4.42 Å². The molecule has 0 saturated carbocycles. The fourth-order valence-electron chi connectivity index (χ4n) is 4.26. The van der Waals surface area contributed by atoms with Crippen molar-refractivity contribution in [2.24, 2.45) is 0 Å². The van der Waals surface area contributed by atoms with Gasteiger partial charge in [-0.3, -0.25) is 0 Å². The molecule has 3 heteroatoms. The summed E-state index contributed by atoms with van der Waals surface area (Å²) in [4.78, 5) is 6.85. The van der Waals surface area contributed by atoms with Gasteiger partial charge in [-0.1, -0.05) is 84.9 Å². The number of para-hydroxylation sites is 4. The molecular weight excluding hydrogens is 440 g/mol. The van der Waals surface area contributed by atoms with Gasteiger partial charge in [-0.25, -0.2) is 4.98 Å². The number of hydrogen-bond donors (Lipinski definition) is 0. The van der Waals surface area contributed by atoms with Crippen molar-refractivity contribution >= 4 is 40.3 Å². The van der Waals surface area contributed by atoms with E-state index in [1.807, 2.05) is 48.5 Å². The zero-order valence-corrected chi connectivity index (χ0v) is 19.7. The Balaban J connectivity index is 1.21. The molecule has 0 amide bonds. The third-order valence-corrected chi connectivity index (χ3v) is 6.10. The summed E-state index contributed by atoms with van der Waals surface area (Å²) >= 11 is 0. The molecule has 0 spiro atoms. The largest absolute Gasteiger partial charge is 0.436 e. The molecule has 1 heterocycles. The van der Waals surface area contributed by atoms with E-state index in [0.29, 0.717) is 5.89 Å². The predicted octanol–water partition coefficient (Wildman–Crippen LogP) is 9.13. The maximum absolute atomic E-state index is 5.88. The van der Waals surface area contributed by atoms with Crippen LogP contribution in [0.2, 0.25) is 0 Å². The van der Waals surface area contributed by atoms with Crippen molar-refractivity contribution in [1.82, 2.24) is 4.98 Å². The lowest BCUT2D eigenvalue weighted by atomic mass is 10.1. The normalized spacial score (nSPS) is 11.2. The first-order chi connectivity index (χ1) is 17.8. The number of oxazole rings is 1. The second kappa shape index (κ2) is 9.77. The lowest BCUT2D eigenvalue weighted by Gasteiger charge is -2.25. The fourth-order valence-corrected chi connectivity index (χ4v) is 4.26. The monoisotopic (exact) mass is 464 g/mol. The van der Waals surface area contributed by atoms with Crippen LogP contribution < -0.4 is 4.90 Å². The number of anilines is 3. The van der Waals surface area contributed by atoms with Crippen LogP contribution in [-0.4, -0.2) is 4.98 Å². The minimum atomic E-state index is 0.642. The van der Waals surface area contributed by atoms with E-state index in [1.54, 1.807) is 0 Å². The van der Waals surface area contributed by atoms with Gasteiger partial charge in [0.25, 0.3) is 0 Å². The van der Waals surface area contributed by atoms with Gasteiger partial charge in [0.15, 0.2) is 5.58 Å². The Morgan fingerprint density at radius 1 is 0.500 bits per heavy atom. The maximum Gasteiger partial charge on any atom is 0.227 e. The highest BCUT2D eigenvalue weighted by Crippen LogP contribution is 2.34. The van der Waals surface area contributed by atoms with Crippen LogP contribution >= 0.6 is 0 Å². The molecule has 36 heavy (non-hydrogen) atoms. The van der Waals surface area contributed by atoms with Crippen LogP contribution in [0.15, 0.2) is 138 Å². The van der Waals surface area contributed by atoms with Crippen LogP contribution in [0.5, 0.6) is 0 Å². The Hall–Kier alpha value is -4.89. The molecule has 172 valence electrons. The number of rotatable bonds is 6. The zero-order chi connectivity index (χ0) is 24.2. The molecule has 6 aromatic rings. The smallest absolute Gasteiger partial charge is 0.227 e. The summed E-state index contributed by atoms with van der Waals surface area (Å²) in [5.74, 6) is 0.642. The molecule has 1 aromatic heterocycles.